The molecule has 0 radical (unpaired) electrons. The van der Waals surface area contributed by atoms with Gasteiger partial charge in [-0.2, -0.15) is 4.57 Å². The Morgan fingerprint density at radius 2 is 2.16 bits per heavy atom. The van der Waals surface area contributed by atoms with Crippen LogP contribution in [0, 0.1) is 0 Å². The number of hydrogen-bond acceptors (Lipinski definition) is 4. The number of rotatable bonds is 5. The fourth-order valence-corrected chi connectivity index (χ4v) is 2.28. The number of carbonyl (C=O) groups is 1. The minimum absolute atomic E-state index is 0.275. The highest BCUT2D eigenvalue weighted by Gasteiger charge is 2.25. The van der Waals surface area contributed by atoms with E-state index in [1.165, 1.54) is 6.92 Å². The molecule has 19 heavy (non-hydrogen) atoms. The number of aromatic nitrogens is 1. The Bertz CT molecular complexity index is 417. The lowest BCUT2D eigenvalue weighted by molar-refractivity contribution is -0.729. The van der Waals surface area contributed by atoms with Crippen molar-refractivity contribution in [3.05, 3.63) is 24.4 Å². The van der Waals surface area contributed by atoms with Crippen LogP contribution in [0.15, 0.2) is 24.4 Å². The SMILES string of the molecule is CC(=O)OCCOc1cccc[n+]1C1CCNCC1. The van der Waals surface area contributed by atoms with Crippen LogP contribution >= 0.6 is 0 Å². The minimum Gasteiger partial charge on any atom is -0.462 e. The van der Waals surface area contributed by atoms with E-state index >= 15 is 0 Å². The normalized spacial score (nSPS) is 16.1. The summed E-state index contributed by atoms with van der Waals surface area (Å²) in [6, 6.07) is 6.40. The van der Waals surface area contributed by atoms with Crippen LogP contribution in [0.3, 0.4) is 0 Å². The van der Waals surface area contributed by atoms with E-state index < -0.39 is 0 Å². The summed E-state index contributed by atoms with van der Waals surface area (Å²) in [7, 11) is 0. The lowest BCUT2D eigenvalue weighted by Crippen LogP contribution is -2.46. The summed E-state index contributed by atoms with van der Waals surface area (Å²) in [5.74, 6) is 0.560. The predicted octanol–water partition coefficient (Wildman–Crippen LogP) is 0.841. The van der Waals surface area contributed by atoms with Crippen LogP contribution in [0.1, 0.15) is 25.8 Å². The van der Waals surface area contributed by atoms with Crippen molar-refractivity contribution in [2.24, 2.45) is 0 Å². The van der Waals surface area contributed by atoms with E-state index in [9.17, 15) is 4.79 Å². The monoisotopic (exact) mass is 265 g/mol. The Kier molecular flexibility index (Phi) is 5.15. The molecule has 0 aliphatic carbocycles. The molecule has 1 N–H and O–H groups in total. The van der Waals surface area contributed by atoms with Gasteiger partial charge in [-0.1, -0.05) is 0 Å². The molecular weight excluding hydrogens is 244 g/mol. The molecule has 0 atom stereocenters. The van der Waals surface area contributed by atoms with E-state index in [1.54, 1.807) is 0 Å². The van der Waals surface area contributed by atoms with E-state index in [0.29, 0.717) is 12.6 Å². The molecule has 1 aromatic heterocycles. The zero-order valence-electron chi connectivity index (χ0n) is 11.3. The Hall–Kier alpha value is -1.62. The molecule has 0 aromatic carbocycles. The Morgan fingerprint density at radius 3 is 2.89 bits per heavy atom. The fourth-order valence-electron chi connectivity index (χ4n) is 2.28. The molecule has 1 aromatic rings. The number of piperidine rings is 1. The van der Waals surface area contributed by atoms with E-state index in [0.717, 1.165) is 31.8 Å². The second-order valence-corrected chi connectivity index (χ2v) is 4.62. The van der Waals surface area contributed by atoms with Gasteiger partial charge in [0.05, 0.1) is 6.07 Å². The average Bonchev–Trinajstić information content (AvgIpc) is 2.45. The van der Waals surface area contributed by atoms with Gasteiger partial charge in [-0.3, -0.25) is 4.79 Å². The molecule has 0 amide bonds. The Labute approximate surface area is 113 Å². The molecule has 5 nitrogen and oxygen atoms in total. The quantitative estimate of drug-likeness (QED) is 0.487. The summed E-state index contributed by atoms with van der Waals surface area (Å²) in [6.07, 6.45) is 4.27. The standard InChI is InChI=1S/C14H21N2O3/c1-12(17)18-10-11-19-14-4-2-3-9-16(14)13-5-7-15-8-6-13/h2-4,9,13,15H,5-8,10-11H2,1H3/q+1. The first kappa shape index (κ1) is 13.8. The minimum atomic E-state index is -0.275. The molecule has 104 valence electrons. The number of hydrogen-bond donors (Lipinski definition) is 1. The summed E-state index contributed by atoms with van der Waals surface area (Å²) in [5.41, 5.74) is 0. The maximum absolute atomic E-state index is 10.7. The van der Waals surface area contributed by atoms with Gasteiger partial charge >= 0.3 is 11.8 Å². The largest absolute Gasteiger partial charge is 0.462 e. The number of ether oxygens (including phenoxy) is 2. The van der Waals surface area contributed by atoms with Crippen LogP contribution in [0.2, 0.25) is 0 Å². The van der Waals surface area contributed by atoms with Crippen LogP contribution < -0.4 is 14.6 Å². The first-order chi connectivity index (χ1) is 9.27. The number of nitrogens with one attached hydrogen (secondary N) is 1. The number of esters is 1. The van der Waals surface area contributed by atoms with Crippen molar-refractivity contribution >= 4 is 5.97 Å². The first-order valence-electron chi connectivity index (χ1n) is 6.74. The van der Waals surface area contributed by atoms with Crippen LogP contribution in [0.25, 0.3) is 0 Å². The van der Waals surface area contributed by atoms with Gasteiger partial charge in [-0.25, -0.2) is 0 Å². The highest BCUT2D eigenvalue weighted by atomic mass is 16.6. The maximum Gasteiger partial charge on any atom is 0.368 e. The third kappa shape index (κ3) is 4.21. The van der Waals surface area contributed by atoms with E-state index in [4.69, 9.17) is 9.47 Å². The molecule has 1 fully saturated rings. The maximum atomic E-state index is 10.7. The van der Waals surface area contributed by atoms with E-state index in [-0.39, 0.29) is 12.6 Å². The number of pyridine rings is 1. The zero-order chi connectivity index (χ0) is 13.5. The second-order valence-electron chi connectivity index (χ2n) is 4.62. The molecule has 2 heterocycles. The van der Waals surface area contributed by atoms with Gasteiger partial charge in [0.15, 0.2) is 12.2 Å². The smallest absolute Gasteiger partial charge is 0.368 e. The van der Waals surface area contributed by atoms with Gasteiger partial charge in [-0.15, -0.1) is 0 Å². The van der Waals surface area contributed by atoms with Crippen molar-refractivity contribution in [3.63, 3.8) is 0 Å². The number of nitrogens with zero attached hydrogens (tertiary/aromatic N) is 1. The molecular formula is C14H21N2O3+. The molecule has 0 bridgehead atoms. The summed E-state index contributed by atoms with van der Waals surface area (Å²) >= 11 is 0. The van der Waals surface area contributed by atoms with E-state index in [1.807, 2.05) is 18.2 Å². The number of carbonyl (C=O) groups excluding carboxylic acids is 1. The topological polar surface area (TPSA) is 51.4 Å². The summed E-state index contributed by atoms with van der Waals surface area (Å²) in [4.78, 5) is 10.7. The molecule has 0 spiro atoms. The highest BCUT2D eigenvalue weighted by molar-refractivity contribution is 5.65. The van der Waals surface area contributed by atoms with Gasteiger partial charge in [-0.05, 0) is 6.07 Å². The Morgan fingerprint density at radius 1 is 1.37 bits per heavy atom. The lowest BCUT2D eigenvalue weighted by Gasteiger charge is -2.19. The highest BCUT2D eigenvalue weighted by Crippen LogP contribution is 2.15. The molecule has 1 aliphatic heterocycles. The van der Waals surface area contributed by atoms with Crippen LogP contribution in [0.4, 0.5) is 0 Å². The van der Waals surface area contributed by atoms with Crippen molar-refractivity contribution in [2.45, 2.75) is 25.8 Å². The Balaban J connectivity index is 1.93. The van der Waals surface area contributed by atoms with Gasteiger partial charge < -0.3 is 14.8 Å². The van der Waals surface area contributed by atoms with Crippen molar-refractivity contribution in [1.29, 1.82) is 0 Å². The van der Waals surface area contributed by atoms with E-state index in [2.05, 4.69) is 16.1 Å². The van der Waals surface area contributed by atoms with Crippen molar-refractivity contribution in [3.8, 4) is 5.88 Å². The van der Waals surface area contributed by atoms with Crippen LogP contribution in [0.5, 0.6) is 5.88 Å². The van der Waals surface area contributed by atoms with Crippen molar-refractivity contribution in [1.82, 2.24) is 5.32 Å². The van der Waals surface area contributed by atoms with Crippen LogP contribution in [-0.4, -0.2) is 32.3 Å². The molecule has 1 aliphatic rings. The lowest BCUT2D eigenvalue weighted by atomic mass is 10.1. The summed E-state index contributed by atoms with van der Waals surface area (Å²) in [6.45, 7) is 4.15. The summed E-state index contributed by atoms with van der Waals surface area (Å²) in [5, 5.41) is 3.36. The molecule has 0 saturated carbocycles. The summed E-state index contributed by atoms with van der Waals surface area (Å²) < 4.78 is 12.7. The average molecular weight is 265 g/mol. The van der Waals surface area contributed by atoms with Crippen LogP contribution in [-0.2, 0) is 9.53 Å². The molecule has 2 rings (SSSR count). The molecule has 0 unspecified atom stereocenters. The third-order valence-electron chi connectivity index (χ3n) is 3.19. The molecule has 1 saturated heterocycles. The van der Waals surface area contributed by atoms with Gasteiger partial charge in [0.25, 0.3) is 0 Å². The molecule has 5 heteroatoms. The third-order valence-corrected chi connectivity index (χ3v) is 3.19. The zero-order valence-corrected chi connectivity index (χ0v) is 11.3. The first-order valence-corrected chi connectivity index (χ1v) is 6.74. The second kappa shape index (κ2) is 7.09. The van der Waals surface area contributed by atoms with Gasteiger partial charge in [0.2, 0.25) is 0 Å². The van der Waals surface area contributed by atoms with Crippen molar-refractivity contribution < 1.29 is 18.8 Å². The van der Waals surface area contributed by atoms with Crippen molar-refractivity contribution in [2.75, 3.05) is 26.3 Å². The van der Waals surface area contributed by atoms with Gasteiger partial charge in [0, 0.05) is 38.9 Å². The fraction of sp³-hybridized carbons (Fsp3) is 0.571. The van der Waals surface area contributed by atoms with Gasteiger partial charge in [0.1, 0.15) is 13.2 Å². The predicted molar refractivity (Wildman–Crippen MR) is 69.9 cm³/mol.